The van der Waals surface area contributed by atoms with E-state index in [9.17, 15) is 14.4 Å². The first-order chi connectivity index (χ1) is 19.1. The quantitative estimate of drug-likeness (QED) is 0.253. The molecule has 3 N–H and O–H groups in total. The van der Waals surface area contributed by atoms with Crippen molar-refractivity contribution in [1.29, 1.82) is 0 Å². The Bertz CT molecular complexity index is 1230. The molecule has 0 aliphatic carbocycles. The van der Waals surface area contributed by atoms with Crippen molar-refractivity contribution in [2.24, 2.45) is 5.92 Å². The lowest BCUT2D eigenvalue weighted by Crippen LogP contribution is -2.36. The molecule has 0 unspecified atom stereocenters. The van der Waals surface area contributed by atoms with Gasteiger partial charge in [0.25, 0.3) is 0 Å². The first-order valence-electron chi connectivity index (χ1n) is 14.1. The maximum Gasteiger partial charge on any atom is 0.411 e. The van der Waals surface area contributed by atoms with E-state index >= 15 is 0 Å². The van der Waals surface area contributed by atoms with Crippen LogP contribution >= 0.6 is 0 Å². The summed E-state index contributed by atoms with van der Waals surface area (Å²) >= 11 is 0. The van der Waals surface area contributed by atoms with Gasteiger partial charge >= 0.3 is 12.2 Å². The molecule has 3 rings (SSSR count). The van der Waals surface area contributed by atoms with Crippen LogP contribution < -0.4 is 16.0 Å². The summed E-state index contributed by atoms with van der Waals surface area (Å²) in [5.41, 5.74) is 1.58. The van der Waals surface area contributed by atoms with Crippen LogP contribution in [0, 0.1) is 5.92 Å². The second-order valence-electron chi connectivity index (χ2n) is 12.7. The van der Waals surface area contributed by atoms with Crippen molar-refractivity contribution in [1.82, 2.24) is 14.9 Å². The summed E-state index contributed by atoms with van der Waals surface area (Å²) in [6, 6.07) is 5.75. The number of aromatic nitrogens is 2. The molecule has 2 heterocycles. The van der Waals surface area contributed by atoms with Gasteiger partial charge < -0.3 is 29.4 Å². The van der Waals surface area contributed by atoms with E-state index in [0.29, 0.717) is 54.3 Å². The summed E-state index contributed by atoms with van der Waals surface area (Å²) in [6.07, 6.45) is 2.56. The van der Waals surface area contributed by atoms with Crippen LogP contribution in [-0.4, -0.2) is 55.0 Å². The minimum absolute atomic E-state index is 0.145. The van der Waals surface area contributed by atoms with E-state index < -0.39 is 31.9 Å². The molecule has 0 spiro atoms. The number of nitrogens with one attached hydrogen (secondary N) is 3. The van der Waals surface area contributed by atoms with E-state index in [4.69, 9.17) is 19.2 Å². The lowest BCUT2D eigenvalue weighted by molar-refractivity contribution is -0.119. The van der Waals surface area contributed by atoms with E-state index in [-0.39, 0.29) is 18.6 Å². The van der Waals surface area contributed by atoms with Crippen LogP contribution in [0.3, 0.4) is 0 Å². The molecule has 1 aliphatic rings. The second kappa shape index (κ2) is 13.5. The van der Waals surface area contributed by atoms with Crippen LogP contribution in [0.2, 0.25) is 25.7 Å². The molecule has 2 aromatic rings. The molecule has 226 valence electrons. The molecule has 0 radical (unpaired) electrons. The van der Waals surface area contributed by atoms with Crippen molar-refractivity contribution in [2.45, 2.75) is 91.0 Å². The fourth-order valence-electron chi connectivity index (χ4n) is 4.33. The third-order valence-corrected chi connectivity index (χ3v) is 8.30. The Kier molecular flexibility index (Phi) is 10.6. The van der Waals surface area contributed by atoms with E-state index in [2.05, 4.69) is 35.6 Å². The predicted octanol–water partition coefficient (Wildman–Crippen LogP) is 6.37. The zero-order valence-corrected chi connectivity index (χ0v) is 26.6. The average molecular weight is 588 g/mol. The highest BCUT2D eigenvalue weighted by Crippen LogP contribution is 2.34. The fourth-order valence-corrected chi connectivity index (χ4v) is 5.09. The summed E-state index contributed by atoms with van der Waals surface area (Å²) < 4.78 is 18.3. The van der Waals surface area contributed by atoms with Crippen molar-refractivity contribution in [3.05, 3.63) is 30.2 Å². The number of hydrogen-bond acceptors (Lipinski definition) is 7. The van der Waals surface area contributed by atoms with Crippen molar-refractivity contribution in [3.63, 3.8) is 0 Å². The van der Waals surface area contributed by atoms with Gasteiger partial charge in [0.05, 0.1) is 24.5 Å². The Morgan fingerprint density at radius 3 is 2.56 bits per heavy atom. The highest BCUT2D eigenvalue weighted by molar-refractivity contribution is 6.76. The molecule has 0 fully saturated rings. The number of hydrogen-bond donors (Lipinski definition) is 3. The van der Waals surface area contributed by atoms with Crippen molar-refractivity contribution in [3.8, 4) is 11.3 Å². The van der Waals surface area contributed by atoms with Crippen LogP contribution in [0.1, 0.15) is 58.8 Å². The minimum atomic E-state index is -1.28. The molecule has 2 bridgehead atoms. The molecule has 11 nitrogen and oxygen atoms in total. The Morgan fingerprint density at radius 2 is 1.90 bits per heavy atom. The van der Waals surface area contributed by atoms with Crippen molar-refractivity contribution in [2.75, 3.05) is 24.4 Å². The van der Waals surface area contributed by atoms with Gasteiger partial charge in [0.15, 0.2) is 0 Å². The number of nitrogens with zero attached hydrogens (tertiary/aromatic N) is 2. The lowest BCUT2D eigenvalue weighted by atomic mass is 9.99. The first-order valence-corrected chi connectivity index (χ1v) is 17.8. The third kappa shape index (κ3) is 9.89. The predicted molar refractivity (Wildman–Crippen MR) is 162 cm³/mol. The highest BCUT2D eigenvalue weighted by atomic mass is 28.3. The molecule has 12 heteroatoms. The molecule has 3 amide bonds. The zero-order chi connectivity index (χ0) is 30.4. The maximum atomic E-state index is 13.1. The van der Waals surface area contributed by atoms with Crippen molar-refractivity contribution >= 4 is 37.5 Å². The second-order valence-corrected chi connectivity index (χ2v) is 18.3. The van der Waals surface area contributed by atoms with Gasteiger partial charge in [-0.15, -0.1) is 0 Å². The minimum Gasteiger partial charge on any atom is -0.453 e. The topological polar surface area (TPSA) is 133 Å². The number of anilines is 2. The first kappa shape index (κ1) is 32.1. The normalized spacial score (nSPS) is 17.8. The Balaban J connectivity index is 2.06. The van der Waals surface area contributed by atoms with Gasteiger partial charge in [-0.1, -0.05) is 33.0 Å². The maximum absolute atomic E-state index is 13.1. The molecule has 1 aromatic carbocycles. The van der Waals surface area contributed by atoms with Gasteiger partial charge in [-0.05, 0) is 57.9 Å². The standard InChI is InChI=1S/C29H45N5O6Si/c1-19-10-9-11-22(33-28(37)40-29(2,3)4)25-31-24(17-34(25)18-39-14-15-41(6,7)8)21-13-12-20(30-27(36)38-5)16-23(21)32-26(19)35/h12-13,16-17,19,22H,9-11,14-15,18H2,1-8H3,(H,30,36)(H,32,35)(H,33,37)/t19-,22-/m0/s1. The summed E-state index contributed by atoms with van der Waals surface area (Å²) in [5, 5.41) is 8.67. The number of rotatable bonds is 7. The zero-order valence-electron chi connectivity index (χ0n) is 25.6. The molecule has 41 heavy (non-hydrogen) atoms. The number of imidazole rings is 1. The molecule has 0 saturated heterocycles. The van der Waals surface area contributed by atoms with Gasteiger partial charge in [0.2, 0.25) is 5.91 Å². The van der Waals surface area contributed by atoms with E-state index in [0.717, 1.165) is 6.04 Å². The summed E-state index contributed by atoms with van der Waals surface area (Å²) in [6.45, 7) is 15.1. The fraction of sp³-hybridized carbons (Fsp3) is 0.586. The molecule has 1 aliphatic heterocycles. The summed E-state index contributed by atoms with van der Waals surface area (Å²) in [4.78, 5) is 42.8. The number of fused-ring (bicyclic) bond motifs is 4. The van der Waals surface area contributed by atoms with Gasteiger partial charge in [0, 0.05) is 38.0 Å². The Labute approximate surface area is 243 Å². The monoisotopic (exact) mass is 587 g/mol. The number of alkyl carbamates (subject to hydrolysis) is 1. The van der Waals surface area contributed by atoms with E-state index in [1.165, 1.54) is 7.11 Å². The smallest absolute Gasteiger partial charge is 0.411 e. The molecule has 2 atom stereocenters. The highest BCUT2D eigenvalue weighted by Gasteiger charge is 2.27. The molecule has 1 aromatic heterocycles. The van der Waals surface area contributed by atoms with Crippen molar-refractivity contribution < 1.29 is 28.6 Å². The van der Waals surface area contributed by atoms with Crippen LogP contribution in [0.5, 0.6) is 0 Å². The number of methoxy groups -OCH3 is 1. The molecular formula is C29H45N5O6Si. The van der Waals surface area contributed by atoms with Crippen LogP contribution in [0.15, 0.2) is 24.4 Å². The van der Waals surface area contributed by atoms with Crippen LogP contribution in [0.25, 0.3) is 11.3 Å². The van der Waals surface area contributed by atoms with Gasteiger partial charge in [-0.2, -0.15) is 0 Å². The lowest BCUT2D eigenvalue weighted by Gasteiger charge is -2.24. The largest absolute Gasteiger partial charge is 0.453 e. The number of benzene rings is 1. The number of amides is 3. The van der Waals surface area contributed by atoms with Gasteiger partial charge in [-0.25, -0.2) is 14.6 Å². The number of ether oxygens (including phenoxy) is 3. The number of carbonyl (C=O) groups excluding carboxylic acids is 3. The molecule has 0 saturated carbocycles. The SMILES string of the molecule is COC(=O)Nc1ccc2c(c1)NC(=O)[C@@H](C)CCC[C@H](NC(=O)OC(C)(C)C)c1nc-2cn1COCC[Si](C)(C)C. The van der Waals surface area contributed by atoms with Gasteiger partial charge in [-0.3, -0.25) is 10.1 Å². The average Bonchev–Trinajstić information content (AvgIpc) is 3.27. The van der Waals surface area contributed by atoms with Crippen LogP contribution in [-0.2, 0) is 25.7 Å². The summed E-state index contributed by atoms with van der Waals surface area (Å²) in [5.74, 6) is 0.213. The summed E-state index contributed by atoms with van der Waals surface area (Å²) in [7, 11) is 0.00428. The Hall–Kier alpha value is -3.38. The van der Waals surface area contributed by atoms with E-state index in [1.54, 1.807) is 18.2 Å². The third-order valence-electron chi connectivity index (χ3n) is 6.60. The van der Waals surface area contributed by atoms with Crippen LogP contribution in [0.4, 0.5) is 21.0 Å². The van der Waals surface area contributed by atoms with Gasteiger partial charge in [0.1, 0.15) is 18.2 Å². The Morgan fingerprint density at radius 1 is 1.17 bits per heavy atom. The number of carbonyl (C=O) groups is 3. The van der Waals surface area contributed by atoms with E-state index in [1.807, 2.05) is 38.5 Å². The molecular weight excluding hydrogens is 542 g/mol.